The number of nitrogens with two attached hydrogens (primary N) is 1. The number of carbonyl (C=O) groups is 1. The minimum Gasteiger partial charge on any atom is -0.370 e. The summed E-state index contributed by atoms with van der Waals surface area (Å²) in [5, 5.41) is 3.67. The molecule has 2 atom stereocenters. The van der Waals surface area contributed by atoms with E-state index in [1.807, 2.05) is 24.3 Å². The maximum Gasteiger partial charge on any atom is 0.248 e. The smallest absolute Gasteiger partial charge is 0.248 e. The fourth-order valence-corrected chi connectivity index (χ4v) is 3.01. The first-order valence-corrected chi connectivity index (χ1v) is 6.63. The van der Waals surface area contributed by atoms with Crippen molar-refractivity contribution >= 4 is 11.6 Å². The monoisotopic (exact) mass is 245 g/mol. The van der Waals surface area contributed by atoms with Gasteiger partial charge in [0.25, 0.3) is 0 Å². The van der Waals surface area contributed by atoms with E-state index < -0.39 is 0 Å². The number of benzene rings is 1. The lowest BCUT2D eigenvalue weighted by atomic mass is 10.1. The van der Waals surface area contributed by atoms with Crippen LogP contribution in [0.25, 0.3) is 0 Å². The second-order valence-electron chi connectivity index (χ2n) is 5.28. The first-order chi connectivity index (χ1) is 8.72. The van der Waals surface area contributed by atoms with Crippen LogP contribution in [0.4, 0.5) is 5.69 Å². The Hall–Kier alpha value is -1.55. The Morgan fingerprint density at radius 3 is 2.61 bits per heavy atom. The van der Waals surface area contributed by atoms with E-state index in [1.165, 1.54) is 24.9 Å². The van der Waals surface area contributed by atoms with Crippen molar-refractivity contribution in [1.82, 2.24) is 5.32 Å². The normalized spacial score (nSPS) is 27.0. The maximum absolute atomic E-state index is 11.0. The molecule has 2 bridgehead atoms. The fraction of sp³-hybridized carbons (Fsp3) is 0.500. The Bertz CT molecular complexity index is 443. The lowest BCUT2D eigenvalue weighted by Gasteiger charge is -2.26. The summed E-state index contributed by atoms with van der Waals surface area (Å²) < 4.78 is 0. The number of anilines is 1. The van der Waals surface area contributed by atoms with Crippen LogP contribution in [-0.4, -0.2) is 31.1 Å². The molecular formula is C14H19N3O. The molecule has 18 heavy (non-hydrogen) atoms. The SMILES string of the molecule is NC(=O)c1ccc(N2CCC3CCC(C2)N3)cc1. The van der Waals surface area contributed by atoms with Crippen LogP contribution < -0.4 is 16.0 Å². The summed E-state index contributed by atoms with van der Waals surface area (Å²) in [5.41, 5.74) is 7.02. The highest BCUT2D eigenvalue weighted by Gasteiger charge is 2.29. The van der Waals surface area contributed by atoms with Crippen LogP contribution >= 0.6 is 0 Å². The Morgan fingerprint density at radius 2 is 1.89 bits per heavy atom. The van der Waals surface area contributed by atoms with Crippen molar-refractivity contribution in [1.29, 1.82) is 0 Å². The van der Waals surface area contributed by atoms with Crippen LogP contribution in [0, 0.1) is 0 Å². The van der Waals surface area contributed by atoms with E-state index in [0.717, 1.165) is 13.1 Å². The van der Waals surface area contributed by atoms with Gasteiger partial charge in [-0.15, -0.1) is 0 Å². The number of nitrogens with zero attached hydrogens (tertiary/aromatic N) is 1. The molecule has 4 heteroatoms. The van der Waals surface area contributed by atoms with E-state index >= 15 is 0 Å². The van der Waals surface area contributed by atoms with Crippen LogP contribution in [0.15, 0.2) is 24.3 Å². The second-order valence-corrected chi connectivity index (χ2v) is 5.28. The van der Waals surface area contributed by atoms with Crippen LogP contribution in [0.2, 0.25) is 0 Å². The van der Waals surface area contributed by atoms with E-state index in [4.69, 9.17) is 5.73 Å². The molecule has 0 aromatic heterocycles. The van der Waals surface area contributed by atoms with E-state index in [9.17, 15) is 4.79 Å². The average molecular weight is 245 g/mol. The molecule has 1 aromatic carbocycles. The fourth-order valence-electron chi connectivity index (χ4n) is 3.01. The predicted molar refractivity (Wildman–Crippen MR) is 71.7 cm³/mol. The van der Waals surface area contributed by atoms with Crippen molar-refractivity contribution in [2.24, 2.45) is 5.73 Å². The van der Waals surface area contributed by atoms with Crippen molar-refractivity contribution in [2.45, 2.75) is 31.3 Å². The van der Waals surface area contributed by atoms with Gasteiger partial charge in [0.2, 0.25) is 5.91 Å². The Balaban J connectivity index is 1.75. The maximum atomic E-state index is 11.0. The number of hydrogen-bond acceptors (Lipinski definition) is 3. The number of carbonyl (C=O) groups excluding carboxylic acids is 1. The molecule has 0 spiro atoms. The van der Waals surface area contributed by atoms with Crippen molar-refractivity contribution in [3.05, 3.63) is 29.8 Å². The molecule has 1 aromatic rings. The van der Waals surface area contributed by atoms with E-state index in [2.05, 4.69) is 10.2 Å². The highest BCUT2D eigenvalue weighted by Crippen LogP contribution is 2.24. The molecule has 2 saturated heterocycles. The van der Waals surface area contributed by atoms with Gasteiger partial charge < -0.3 is 16.0 Å². The van der Waals surface area contributed by atoms with Gasteiger partial charge in [-0.3, -0.25) is 4.79 Å². The van der Waals surface area contributed by atoms with E-state index in [1.54, 1.807) is 0 Å². The van der Waals surface area contributed by atoms with Crippen LogP contribution in [-0.2, 0) is 0 Å². The van der Waals surface area contributed by atoms with Crippen LogP contribution in [0.5, 0.6) is 0 Å². The van der Waals surface area contributed by atoms with Crippen molar-refractivity contribution in [3.8, 4) is 0 Å². The zero-order chi connectivity index (χ0) is 12.5. The van der Waals surface area contributed by atoms with Gasteiger partial charge in [-0.25, -0.2) is 0 Å². The van der Waals surface area contributed by atoms with Gasteiger partial charge in [-0.1, -0.05) is 0 Å². The van der Waals surface area contributed by atoms with Gasteiger partial charge in [0.15, 0.2) is 0 Å². The molecule has 0 radical (unpaired) electrons. The molecule has 2 heterocycles. The number of hydrogen-bond donors (Lipinski definition) is 2. The molecule has 3 rings (SSSR count). The zero-order valence-electron chi connectivity index (χ0n) is 10.4. The number of fused-ring (bicyclic) bond motifs is 2. The minimum absolute atomic E-state index is 0.363. The van der Waals surface area contributed by atoms with Gasteiger partial charge in [0.05, 0.1) is 0 Å². The van der Waals surface area contributed by atoms with Gasteiger partial charge in [0.1, 0.15) is 0 Å². The zero-order valence-corrected chi connectivity index (χ0v) is 10.4. The molecule has 1 amide bonds. The summed E-state index contributed by atoms with van der Waals surface area (Å²) in [6, 6.07) is 8.94. The molecule has 3 N–H and O–H groups in total. The molecule has 0 aliphatic carbocycles. The lowest BCUT2D eigenvalue weighted by Crippen LogP contribution is -2.35. The number of nitrogens with one attached hydrogen (secondary N) is 1. The van der Waals surface area contributed by atoms with E-state index in [0.29, 0.717) is 17.6 Å². The first-order valence-electron chi connectivity index (χ1n) is 6.63. The quantitative estimate of drug-likeness (QED) is 0.821. The summed E-state index contributed by atoms with van der Waals surface area (Å²) >= 11 is 0. The largest absolute Gasteiger partial charge is 0.370 e. The second kappa shape index (κ2) is 4.61. The molecule has 2 unspecified atom stereocenters. The molecule has 0 saturated carbocycles. The van der Waals surface area contributed by atoms with Crippen LogP contribution in [0.3, 0.4) is 0 Å². The van der Waals surface area contributed by atoms with Crippen molar-refractivity contribution in [3.63, 3.8) is 0 Å². The topological polar surface area (TPSA) is 58.4 Å². The average Bonchev–Trinajstić information content (AvgIpc) is 2.69. The third kappa shape index (κ3) is 2.20. The Morgan fingerprint density at radius 1 is 1.17 bits per heavy atom. The predicted octanol–water partition coefficient (Wildman–Crippen LogP) is 1.12. The summed E-state index contributed by atoms with van der Waals surface area (Å²) in [5.74, 6) is -0.363. The van der Waals surface area contributed by atoms with Gasteiger partial charge in [-0.05, 0) is 43.5 Å². The van der Waals surface area contributed by atoms with Crippen molar-refractivity contribution < 1.29 is 4.79 Å². The molecule has 2 fully saturated rings. The summed E-state index contributed by atoms with van der Waals surface area (Å²) in [6.45, 7) is 2.15. The highest BCUT2D eigenvalue weighted by molar-refractivity contribution is 5.93. The standard InChI is InChI=1S/C14H19N3O/c15-14(18)10-1-5-13(6-2-10)17-8-7-11-3-4-12(9-17)16-11/h1-2,5-6,11-12,16H,3-4,7-9H2,(H2,15,18). The number of rotatable bonds is 2. The third-order valence-corrected chi connectivity index (χ3v) is 4.04. The Labute approximate surface area is 107 Å². The number of primary amides is 1. The molecular weight excluding hydrogens is 226 g/mol. The Kier molecular flexibility index (Phi) is 2.96. The van der Waals surface area contributed by atoms with Crippen molar-refractivity contribution in [2.75, 3.05) is 18.0 Å². The minimum atomic E-state index is -0.363. The van der Waals surface area contributed by atoms with Gasteiger partial charge >= 0.3 is 0 Å². The first kappa shape index (κ1) is 11.5. The number of amides is 1. The molecule has 2 aliphatic heterocycles. The summed E-state index contributed by atoms with van der Waals surface area (Å²) in [4.78, 5) is 13.5. The van der Waals surface area contributed by atoms with Gasteiger partial charge in [-0.2, -0.15) is 0 Å². The van der Waals surface area contributed by atoms with Crippen LogP contribution in [0.1, 0.15) is 29.6 Å². The lowest BCUT2D eigenvalue weighted by molar-refractivity contribution is 0.100. The summed E-state index contributed by atoms with van der Waals surface area (Å²) in [6.07, 6.45) is 3.80. The highest BCUT2D eigenvalue weighted by atomic mass is 16.1. The summed E-state index contributed by atoms with van der Waals surface area (Å²) in [7, 11) is 0. The van der Waals surface area contributed by atoms with Gasteiger partial charge in [0, 0.05) is 36.4 Å². The molecule has 2 aliphatic rings. The van der Waals surface area contributed by atoms with E-state index in [-0.39, 0.29) is 5.91 Å². The third-order valence-electron chi connectivity index (χ3n) is 4.04. The molecule has 96 valence electrons. The molecule has 4 nitrogen and oxygen atoms in total.